The highest BCUT2D eigenvalue weighted by atomic mass is 35.5. The molecule has 1 unspecified atom stereocenters. The van der Waals surface area contributed by atoms with Crippen LogP contribution >= 0.6 is 11.6 Å². The van der Waals surface area contributed by atoms with E-state index < -0.39 is 0 Å². The number of hydrogen-bond donors (Lipinski definition) is 1. The Bertz CT molecular complexity index is 819. The van der Waals surface area contributed by atoms with Crippen molar-refractivity contribution in [3.8, 4) is 0 Å². The lowest BCUT2D eigenvalue weighted by Crippen LogP contribution is -2.32. The van der Waals surface area contributed by atoms with E-state index in [0.29, 0.717) is 18.1 Å². The van der Waals surface area contributed by atoms with Crippen LogP contribution in [0.1, 0.15) is 23.1 Å². The van der Waals surface area contributed by atoms with Crippen molar-refractivity contribution in [1.29, 1.82) is 0 Å². The number of halogens is 1. The monoisotopic (exact) mass is 356 g/mol. The van der Waals surface area contributed by atoms with Crippen LogP contribution in [0.5, 0.6) is 0 Å². The average molecular weight is 357 g/mol. The van der Waals surface area contributed by atoms with Gasteiger partial charge in [0.15, 0.2) is 0 Å². The SMILES string of the molecule is Cc1ccc(C)c(N2CC(C(=O)NCc3ccccc3Cl)CC2=O)c1. The highest BCUT2D eigenvalue weighted by Crippen LogP contribution is 2.29. The van der Waals surface area contributed by atoms with E-state index >= 15 is 0 Å². The molecule has 1 fully saturated rings. The van der Waals surface area contributed by atoms with Crippen molar-refractivity contribution in [2.24, 2.45) is 5.92 Å². The Balaban J connectivity index is 1.67. The van der Waals surface area contributed by atoms with E-state index in [1.807, 2.05) is 50.2 Å². The van der Waals surface area contributed by atoms with Gasteiger partial charge in [-0.25, -0.2) is 0 Å². The molecule has 0 aliphatic carbocycles. The van der Waals surface area contributed by atoms with Crippen molar-refractivity contribution in [3.63, 3.8) is 0 Å². The molecule has 1 aliphatic heterocycles. The van der Waals surface area contributed by atoms with Gasteiger partial charge in [0.05, 0.1) is 5.92 Å². The Morgan fingerprint density at radius 2 is 2.00 bits per heavy atom. The molecule has 0 saturated carbocycles. The molecule has 2 amide bonds. The van der Waals surface area contributed by atoms with Gasteiger partial charge in [-0.3, -0.25) is 9.59 Å². The third kappa shape index (κ3) is 3.85. The van der Waals surface area contributed by atoms with Crippen molar-refractivity contribution in [2.75, 3.05) is 11.4 Å². The molecule has 130 valence electrons. The first-order chi connectivity index (χ1) is 12.0. The van der Waals surface area contributed by atoms with Crippen LogP contribution in [0.25, 0.3) is 0 Å². The summed E-state index contributed by atoms with van der Waals surface area (Å²) >= 11 is 6.11. The molecule has 2 aromatic carbocycles. The Morgan fingerprint density at radius 1 is 1.24 bits per heavy atom. The molecule has 2 aromatic rings. The molecule has 0 aromatic heterocycles. The van der Waals surface area contributed by atoms with Gasteiger partial charge in [0, 0.05) is 30.2 Å². The first kappa shape index (κ1) is 17.5. The molecule has 25 heavy (non-hydrogen) atoms. The van der Waals surface area contributed by atoms with E-state index in [1.165, 1.54) is 0 Å². The lowest BCUT2D eigenvalue weighted by molar-refractivity contribution is -0.126. The molecule has 1 atom stereocenters. The second-order valence-electron chi connectivity index (χ2n) is 6.50. The number of aryl methyl sites for hydroxylation is 2. The Morgan fingerprint density at radius 3 is 2.76 bits per heavy atom. The van der Waals surface area contributed by atoms with E-state index in [1.54, 1.807) is 11.0 Å². The van der Waals surface area contributed by atoms with Crippen molar-refractivity contribution in [3.05, 3.63) is 64.2 Å². The summed E-state index contributed by atoms with van der Waals surface area (Å²) in [5.41, 5.74) is 3.90. The van der Waals surface area contributed by atoms with Crippen LogP contribution in [0, 0.1) is 19.8 Å². The highest BCUT2D eigenvalue weighted by molar-refractivity contribution is 6.31. The molecule has 1 aliphatic rings. The molecule has 0 spiro atoms. The normalized spacial score (nSPS) is 17.0. The third-order valence-electron chi connectivity index (χ3n) is 4.56. The van der Waals surface area contributed by atoms with Crippen molar-refractivity contribution in [2.45, 2.75) is 26.8 Å². The minimum Gasteiger partial charge on any atom is -0.352 e. The Kier molecular flexibility index (Phi) is 5.09. The fraction of sp³-hybridized carbons (Fsp3) is 0.300. The second kappa shape index (κ2) is 7.28. The summed E-state index contributed by atoms with van der Waals surface area (Å²) < 4.78 is 0. The average Bonchev–Trinajstić information content (AvgIpc) is 2.98. The Hall–Kier alpha value is -2.33. The second-order valence-corrected chi connectivity index (χ2v) is 6.91. The van der Waals surface area contributed by atoms with Gasteiger partial charge >= 0.3 is 0 Å². The van der Waals surface area contributed by atoms with E-state index in [4.69, 9.17) is 11.6 Å². The summed E-state index contributed by atoms with van der Waals surface area (Å²) in [6.45, 7) is 4.76. The quantitative estimate of drug-likeness (QED) is 0.909. The first-order valence-electron chi connectivity index (χ1n) is 8.34. The minimum absolute atomic E-state index is 0.00778. The molecule has 1 heterocycles. The minimum atomic E-state index is -0.338. The zero-order chi connectivity index (χ0) is 18.0. The molecule has 0 radical (unpaired) electrons. The standard InChI is InChI=1S/C20H21ClN2O2/c1-13-7-8-14(2)18(9-13)23-12-16(10-19(23)24)20(25)22-11-15-5-3-4-6-17(15)21/h3-9,16H,10-12H2,1-2H3,(H,22,25). The van der Waals surface area contributed by atoms with Crippen molar-refractivity contribution >= 4 is 29.1 Å². The number of carbonyl (C=O) groups is 2. The molecular weight excluding hydrogens is 336 g/mol. The maximum absolute atomic E-state index is 12.5. The van der Waals surface area contributed by atoms with Gasteiger partial charge in [0.2, 0.25) is 11.8 Å². The van der Waals surface area contributed by atoms with Gasteiger partial charge in [-0.05, 0) is 42.7 Å². The number of benzene rings is 2. The fourth-order valence-corrected chi connectivity index (χ4v) is 3.30. The van der Waals surface area contributed by atoms with Crippen molar-refractivity contribution in [1.82, 2.24) is 5.32 Å². The van der Waals surface area contributed by atoms with E-state index in [0.717, 1.165) is 22.4 Å². The molecule has 1 N–H and O–H groups in total. The number of amides is 2. The highest BCUT2D eigenvalue weighted by Gasteiger charge is 2.35. The van der Waals surface area contributed by atoms with E-state index in [-0.39, 0.29) is 24.2 Å². The summed E-state index contributed by atoms with van der Waals surface area (Å²) in [6.07, 6.45) is 0.238. The lowest BCUT2D eigenvalue weighted by atomic mass is 10.1. The number of nitrogens with one attached hydrogen (secondary N) is 1. The van der Waals surface area contributed by atoms with Crippen molar-refractivity contribution < 1.29 is 9.59 Å². The van der Waals surface area contributed by atoms with Crippen LogP contribution < -0.4 is 10.2 Å². The van der Waals surface area contributed by atoms with E-state index in [2.05, 4.69) is 5.32 Å². The molecule has 3 rings (SSSR count). The van der Waals surface area contributed by atoms with Gasteiger partial charge in [0.1, 0.15) is 0 Å². The molecule has 4 nitrogen and oxygen atoms in total. The molecule has 1 saturated heterocycles. The van der Waals surface area contributed by atoms with Gasteiger partial charge in [-0.1, -0.05) is 41.9 Å². The van der Waals surface area contributed by atoms with Crippen LogP contribution in [0.4, 0.5) is 5.69 Å². The Labute approximate surface area is 152 Å². The van der Waals surface area contributed by atoms with Crippen LogP contribution in [0.15, 0.2) is 42.5 Å². The van der Waals surface area contributed by atoms with Crippen LogP contribution in [-0.2, 0) is 16.1 Å². The fourth-order valence-electron chi connectivity index (χ4n) is 3.09. The largest absolute Gasteiger partial charge is 0.352 e. The van der Waals surface area contributed by atoms with Gasteiger partial charge in [0.25, 0.3) is 0 Å². The topological polar surface area (TPSA) is 49.4 Å². The molecular formula is C20H21ClN2O2. The first-order valence-corrected chi connectivity index (χ1v) is 8.72. The summed E-state index contributed by atoms with van der Waals surface area (Å²) in [7, 11) is 0. The zero-order valence-electron chi connectivity index (χ0n) is 14.4. The number of hydrogen-bond acceptors (Lipinski definition) is 2. The zero-order valence-corrected chi connectivity index (χ0v) is 15.1. The van der Waals surface area contributed by atoms with Gasteiger partial charge < -0.3 is 10.2 Å². The van der Waals surface area contributed by atoms with Gasteiger partial charge in [-0.2, -0.15) is 0 Å². The molecule has 5 heteroatoms. The third-order valence-corrected chi connectivity index (χ3v) is 4.93. The number of nitrogens with zero attached hydrogens (tertiary/aromatic N) is 1. The predicted molar refractivity (Wildman–Crippen MR) is 99.7 cm³/mol. The predicted octanol–water partition coefficient (Wildman–Crippen LogP) is 3.63. The van der Waals surface area contributed by atoms with E-state index in [9.17, 15) is 9.59 Å². The summed E-state index contributed by atoms with van der Waals surface area (Å²) in [5, 5.41) is 3.53. The van der Waals surface area contributed by atoms with Gasteiger partial charge in [-0.15, -0.1) is 0 Å². The molecule has 0 bridgehead atoms. The number of anilines is 1. The summed E-state index contributed by atoms with van der Waals surface area (Å²) in [6, 6.07) is 13.4. The maximum atomic E-state index is 12.5. The number of rotatable bonds is 4. The number of carbonyl (C=O) groups excluding carboxylic acids is 2. The van der Waals surface area contributed by atoms with Crippen LogP contribution in [0.2, 0.25) is 5.02 Å². The summed E-state index contributed by atoms with van der Waals surface area (Å²) in [5.74, 6) is -0.456. The maximum Gasteiger partial charge on any atom is 0.227 e. The van der Waals surface area contributed by atoms with Crippen LogP contribution in [0.3, 0.4) is 0 Å². The van der Waals surface area contributed by atoms with Crippen LogP contribution in [-0.4, -0.2) is 18.4 Å². The smallest absolute Gasteiger partial charge is 0.227 e. The lowest BCUT2D eigenvalue weighted by Gasteiger charge is -2.19. The summed E-state index contributed by atoms with van der Waals surface area (Å²) in [4.78, 5) is 26.6.